The SMILES string of the molecule is CN1CCC(c2cnc(CCC(=O)N(C)CCO)cn2)CC1. The monoisotopic (exact) mass is 306 g/mol. The van der Waals surface area contributed by atoms with E-state index in [-0.39, 0.29) is 12.5 Å². The van der Waals surface area contributed by atoms with Crippen molar-refractivity contribution >= 4 is 5.91 Å². The van der Waals surface area contributed by atoms with E-state index in [1.165, 1.54) is 0 Å². The summed E-state index contributed by atoms with van der Waals surface area (Å²) in [5.74, 6) is 0.533. The standard InChI is InChI=1S/C16H26N4O2/c1-19-7-5-13(6-8-19)15-12-17-14(11-18-15)3-4-16(22)20(2)9-10-21/h11-13,21H,3-10H2,1-2H3. The number of amides is 1. The van der Waals surface area contributed by atoms with E-state index in [9.17, 15) is 4.79 Å². The third-order valence-corrected chi connectivity index (χ3v) is 4.32. The van der Waals surface area contributed by atoms with Crippen LogP contribution in [-0.2, 0) is 11.2 Å². The topological polar surface area (TPSA) is 69.6 Å². The molecular formula is C16H26N4O2. The first-order valence-corrected chi connectivity index (χ1v) is 7.94. The molecule has 22 heavy (non-hydrogen) atoms. The molecule has 0 saturated carbocycles. The summed E-state index contributed by atoms with van der Waals surface area (Å²) in [7, 11) is 3.85. The lowest BCUT2D eigenvalue weighted by Gasteiger charge is -2.28. The largest absolute Gasteiger partial charge is 0.395 e. The first kappa shape index (κ1) is 16.8. The highest BCUT2D eigenvalue weighted by Crippen LogP contribution is 2.25. The molecule has 0 bridgehead atoms. The fraction of sp³-hybridized carbons (Fsp3) is 0.688. The van der Waals surface area contributed by atoms with Gasteiger partial charge >= 0.3 is 0 Å². The summed E-state index contributed by atoms with van der Waals surface area (Å²) in [5.41, 5.74) is 1.92. The van der Waals surface area contributed by atoms with Crippen molar-refractivity contribution in [2.45, 2.75) is 31.6 Å². The number of carbonyl (C=O) groups is 1. The number of aromatic nitrogens is 2. The predicted octanol–water partition coefficient (Wildman–Crippen LogP) is 0.669. The van der Waals surface area contributed by atoms with Gasteiger partial charge in [0.05, 0.1) is 18.0 Å². The number of likely N-dealkylation sites (tertiary alicyclic amines) is 1. The number of hydrogen-bond donors (Lipinski definition) is 1. The fourth-order valence-electron chi connectivity index (χ4n) is 2.71. The minimum Gasteiger partial charge on any atom is -0.395 e. The van der Waals surface area contributed by atoms with Crippen molar-refractivity contribution in [2.75, 3.05) is 40.3 Å². The van der Waals surface area contributed by atoms with Gasteiger partial charge in [-0.25, -0.2) is 0 Å². The number of rotatable bonds is 6. The van der Waals surface area contributed by atoms with Gasteiger partial charge in [-0.2, -0.15) is 0 Å². The number of carbonyl (C=O) groups excluding carboxylic acids is 1. The van der Waals surface area contributed by atoms with Crippen LogP contribution in [0.4, 0.5) is 0 Å². The van der Waals surface area contributed by atoms with Gasteiger partial charge in [-0.15, -0.1) is 0 Å². The highest BCUT2D eigenvalue weighted by Gasteiger charge is 2.19. The molecule has 6 nitrogen and oxygen atoms in total. The van der Waals surface area contributed by atoms with E-state index in [0.717, 1.165) is 37.3 Å². The van der Waals surface area contributed by atoms with Crippen molar-refractivity contribution in [1.29, 1.82) is 0 Å². The minimum atomic E-state index is -0.00663. The van der Waals surface area contributed by atoms with Gasteiger partial charge in [0.25, 0.3) is 0 Å². The van der Waals surface area contributed by atoms with Crippen LogP contribution in [0.5, 0.6) is 0 Å². The van der Waals surface area contributed by atoms with E-state index in [2.05, 4.69) is 21.9 Å². The van der Waals surface area contributed by atoms with Gasteiger partial charge < -0.3 is 14.9 Å². The number of aryl methyl sites for hydroxylation is 1. The van der Waals surface area contributed by atoms with Crippen LogP contribution in [0.3, 0.4) is 0 Å². The highest BCUT2D eigenvalue weighted by molar-refractivity contribution is 5.76. The second kappa shape index (κ2) is 8.19. The van der Waals surface area contributed by atoms with Crippen molar-refractivity contribution in [3.05, 3.63) is 23.8 Å². The normalized spacial score (nSPS) is 16.7. The molecule has 122 valence electrons. The molecule has 0 atom stereocenters. The van der Waals surface area contributed by atoms with Crippen LogP contribution >= 0.6 is 0 Å². The maximum Gasteiger partial charge on any atom is 0.222 e. The molecule has 1 N–H and O–H groups in total. The summed E-state index contributed by atoms with van der Waals surface area (Å²) in [6.07, 6.45) is 6.93. The van der Waals surface area contributed by atoms with Gasteiger partial charge in [-0.3, -0.25) is 14.8 Å². The fourth-order valence-corrected chi connectivity index (χ4v) is 2.71. The summed E-state index contributed by atoms with van der Waals surface area (Å²) in [5, 5.41) is 8.82. The second-order valence-electron chi connectivity index (χ2n) is 6.05. The number of nitrogens with zero attached hydrogens (tertiary/aromatic N) is 4. The van der Waals surface area contributed by atoms with E-state index < -0.39 is 0 Å². The lowest BCUT2D eigenvalue weighted by Crippen LogP contribution is -2.30. The first-order chi connectivity index (χ1) is 10.6. The Morgan fingerprint density at radius 1 is 1.36 bits per heavy atom. The van der Waals surface area contributed by atoms with Gasteiger partial charge in [-0.05, 0) is 39.4 Å². The van der Waals surface area contributed by atoms with Crippen LogP contribution in [0.1, 0.15) is 36.6 Å². The molecule has 2 rings (SSSR count). The summed E-state index contributed by atoms with van der Waals surface area (Å²) in [6, 6.07) is 0. The lowest BCUT2D eigenvalue weighted by molar-refractivity contribution is -0.130. The summed E-state index contributed by atoms with van der Waals surface area (Å²) < 4.78 is 0. The molecule has 0 aliphatic carbocycles. The Labute approximate surface area is 132 Å². The maximum absolute atomic E-state index is 11.8. The summed E-state index contributed by atoms with van der Waals surface area (Å²) >= 11 is 0. The second-order valence-corrected chi connectivity index (χ2v) is 6.05. The Balaban J connectivity index is 1.83. The molecule has 0 spiro atoms. The number of aliphatic hydroxyl groups excluding tert-OH is 1. The van der Waals surface area contributed by atoms with Crippen LogP contribution in [-0.4, -0.2) is 71.1 Å². The molecule has 0 aromatic carbocycles. The first-order valence-electron chi connectivity index (χ1n) is 7.94. The van der Waals surface area contributed by atoms with Crippen LogP contribution in [0.15, 0.2) is 12.4 Å². The predicted molar refractivity (Wildman–Crippen MR) is 84.5 cm³/mol. The smallest absolute Gasteiger partial charge is 0.222 e. The summed E-state index contributed by atoms with van der Waals surface area (Å²) in [4.78, 5) is 24.7. The van der Waals surface area contributed by atoms with Gasteiger partial charge in [0.15, 0.2) is 0 Å². The van der Waals surface area contributed by atoms with Crippen molar-refractivity contribution in [3.63, 3.8) is 0 Å². The Kier molecular flexibility index (Phi) is 6.27. The molecule has 0 radical (unpaired) electrons. The van der Waals surface area contributed by atoms with Gasteiger partial charge in [0, 0.05) is 38.3 Å². The van der Waals surface area contributed by atoms with Crippen molar-refractivity contribution in [1.82, 2.24) is 19.8 Å². The highest BCUT2D eigenvalue weighted by atomic mass is 16.3. The third-order valence-electron chi connectivity index (χ3n) is 4.32. The van der Waals surface area contributed by atoms with E-state index in [1.54, 1.807) is 18.1 Å². The molecule has 6 heteroatoms. The zero-order valence-corrected chi connectivity index (χ0v) is 13.5. The molecule has 1 fully saturated rings. The Hall–Kier alpha value is -1.53. The van der Waals surface area contributed by atoms with E-state index in [1.807, 2.05) is 6.20 Å². The Morgan fingerprint density at radius 3 is 2.68 bits per heavy atom. The molecule has 2 heterocycles. The van der Waals surface area contributed by atoms with Gasteiger partial charge in [0.2, 0.25) is 5.91 Å². The van der Waals surface area contributed by atoms with Crippen LogP contribution in [0.25, 0.3) is 0 Å². The molecule has 1 aromatic heterocycles. The van der Waals surface area contributed by atoms with Crippen LogP contribution < -0.4 is 0 Å². The lowest BCUT2D eigenvalue weighted by atomic mass is 9.94. The maximum atomic E-state index is 11.8. The number of aliphatic hydroxyl groups is 1. The molecule has 1 saturated heterocycles. The van der Waals surface area contributed by atoms with Crippen LogP contribution in [0, 0.1) is 0 Å². The molecular weight excluding hydrogens is 280 g/mol. The minimum absolute atomic E-state index is 0.00663. The Bertz CT molecular complexity index is 470. The summed E-state index contributed by atoms with van der Waals surface area (Å²) in [6.45, 7) is 2.59. The van der Waals surface area contributed by atoms with Gasteiger partial charge in [0.1, 0.15) is 0 Å². The Morgan fingerprint density at radius 2 is 2.09 bits per heavy atom. The number of piperidine rings is 1. The van der Waals surface area contributed by atoms with Crippen molar-refractivity contribution in [2.24, 2.45) is 0 Å². The number of likely N-dealkylation sites (N-methyl/N-ethyl adjacent to an activating group) is 1. The van der Waals surface area contributed by atoms with Crippen molar-refractivity contribution in [3.8, 4) is 0 Å². The van der Waals surface area contributed by atoms with Crippen molar-refractivity contribution < 1.29 is 9.90 Å². The molecule has 1 aliphatic heterocycles. The number of hydrogen-bond acceptors (Lipinski definition) is 5. The molecule has 1 aliphatic rings. The average Bonchev–Trinajstić information content (AvgIpc) is 2.54. The zero-order valence-electron chi connectivity index (χ0n) is 13.5. The third kappa shape index (κ3) is 4.74. The molecule has 1 aromatic rings. The molecule has 1 amide bonds. The van der Waals surface area contributed by atoms with E-state index in [0.29, 0.717) is 25.3 Å². The van der Waals surface area contributed by atoms with E-state index in [4.69, 9.17) is 5.11 Å². The average molecular weight is 306 g/mol. The quantitative estimate of drug-likeness (QED) is 0.836. The molecule has 0 unspecified atom stereocenters. The van der Waals surface area contributed by atoms with Crippen LogP contribution in [0.2, 0.25) is 0 Å². The van der Waals surface area contributed by atoms with Gasteiger partial charge in [-0.1, -0.05) is 0 Å². The zero-order chi connectivity index (χ0) is 15.9. The van der Waals surface area contributed by atoms with E-state index >= 15 is 0 Å².